The van der Waals surface area contributed by atoms with Gasteiger partial charge in [-0.3, -0.25) is 13.9 Å². The molecule has 1 N–H and O–H groups in total. The first-order valence-corrected chi connectivity index (χ1v) is 13.3. The second kappa shape index (κ2) is 12.6. The predicted molar refractivity (Wildman–Crippen MR) is 135 cm³/mol. The van der Waals surface area contributed by atoms with Gasteiger partial charge in [-0.05, 0) is 36.6 Å². The quantitative estimate of drug-likeness (QED) is 0.472. The van der Waals surface area contributed by atoms with E-state index < -0.39 is 28.5 Å². The van der Waals surface area contributed by atoms with Gasteiger partial charge in [0.15, 0.2) is 0 Å². The number of rotatable bonds is 12. The first kappa shape index (κ1) is 27.5. The van der Waals surface area contributed by atoms with Crippen LogP contribution >= 0.6 is 11.6 Å². The van der Waals surface area contributed by atoms with E-state index in [1.807, 2.05) is 6.92 Å². The lowest BCUT2D eigenvalue weighted by molar-refractivity contribution is -0.140. The highest BCUT2D eigenvalue weighted by Gasteiger charge is 2.32. The van der Waals surface area contributed by atoms with Crippen LogP contribution in [0.15, 0.2) is 48.5 Å². The smallest absolute Gasteiger partial charge is 0.244 e. The van der Waals surface area contributed by atoms with Gasteiger partial charge in [0.2, 0.25) is 21.8 Å². The van der Waals surface area contributed by atoms with Gasteiger partial charge >= 0.3 is 0 Å². The largest absolute Gasteiger partial charge is 0.495 e. The molecule has 2 amide bonds. The van der Waals surface area contributed by atoms with E-state index in [2.05, 4.69) is 5.32 Å². The molecule has 8 nitrogen and oxygen atoms in total. The molecule has 0 aliphatic carbocycles. The van der Waals surface area contributed by atoms with Crippen LogP contribution in [0.4, 0.5) is 5.69 Å². The standard InChI is InChI=1S/C24H32ClN3O5S/c1-5-15-26-24(30)20(6-2)27(16-18-11-7-8-12-19(18)25)23(29)17-28(34(4,31)32)21-13-9-10-14-22(21)33-3/h7-14,20H,5-6,15-17H2,1-4H3,(H,26,30)/t20-/m0/s1. The summed E-state index contributed by atoms with van der Waals surface area (Å²) in [5, 5.41) is 3.29. The highest BCUT2D eigenvalue weighted by atomic mass is 35.5. The van der Waals surface area contributed by atoms with E-state index in [1.165, 1.54) is 12.0 Å². The van der Waals surface area contributed by atoms with Crippen molar-refractivity contribution in [3.63, 3.8) is 0 Å². The molecule has 0 saturated carbocycles. The van der Waals surface area contributed by atoms with Gasteiger partial charge in [-0.15, -0.1) is 0 Å². The Morgan fingerprint density at radius 3 is 2.32 bits per heavy atom. The Hall–Kier alpha value is -2.78. The van der Waals surface area contributed by atoms with Crippen LogP contribution in [0.1, 0.15) is 32.3 Å². The molecule has 0 saturated heterocycles. The highest BCUT2D eigenvalue weighted by Crippen LogP contribution is 2.30. The molecule has 0 heterocycles. The number of amides is 2. The van der Waals surface area contributed by atoms with Crippen molar-refractivity contribution in [2.75, 3.05) is 30.8 Å². The average Bonchev–Trinajstić information content (AvgIpc) is 2.81. The van der Waals surface area contributed by atoms with Crippen molar-refractivity contribution >= 4 is 39.1 Å². The number of hydrogen-bond acceptors (Lipinski definition) is 5. The molecule has 1 atom stereocenters. The summed E-state index contributed by atoms with van der Waals surface area (Å²) in [4.78, 5) is 27.9. The number of ether oxygens (including phenoxy) is 1. The lowest BCUT2D eigenvalue weighted by Crippen LogP contribution is -2.52. The molecular weight excluding hydrogens is 478 g/mol. The monoisotopic (exact) mass is 509 g/mol. The molecule has 0 aliphatic rings. The third-order valence-corrected chi connectivity index (χ3v) is 6.76. The Labute approximate surface area is 206 Å². The first-order valence-electron chi connectivity index (χ1n) is 11.0. The molecule has 2 aromatic carbocycles. The molecule has 0 aromatic heterocycles. The van der Waals surface area contributed by atoms with E-state index in [9.17, 15) is 18.0 Å². The average molecular weight is 510 g/mol. The van der Waals surface area contributed by atoms with Gasteiger partial charge in [0.1, 0.15) is 18.3 Å². The lowest BCUT2D eigenvalue weighted by Gasteiger charge is -2.33. The van der Waals surface area contributed by atoms with Gasteiger partial charge in [-0.2, -0.15) is 0 Å². The van der Waals surface area contributed by atoms with Gasteiger partial charge in [-0.25, -0.2) is 8.42 Å². The normalized spacial score (nSPS) is 12.0. The van der Waals surface area contributed by atoms with Crippen LogP contribution < -0.4 is 14.4 Å². The first-order chi connectivity index (χ1) is 16.1. The number of halogens is 1. The van der Waals surface area contributed by atoms with E-state index in [1.54, 1.807) is 55.5 Å². The van der Waals surface area contributed by atoms with Crippen molar-refractivity contribution in [1.82, 2.24) is 10.2 Å². The zero-order valence-corrected chi connectivity index (χ0v) is 21.5. The number of carbonyl (C=O) groups is 2. The fraction of sp³-hybridized carbons (Fsp3) is 0.417. The van der Waals surface area contributed by atoms with Gasteiger partial charge in [0.05, 0.1) is 19.1 Å². The minimum Gasteiger partial charge on any atom is -0.495 e. The zero-order valence-electron chi connectivity index (χ0n) is 20.0. The van der Waals surface area contributed by atoms with Gasteiger partial charge in [0.25, 0.3) is 0 Å². The van der Waals surface area contributed by atoms with E-state index in [4.69, 9.17) is 16.3 Å². The van der Waals surface area contributed by atoms with Gasteiger partial charge in [-0.1, -0.05) is 55.8 Å². The third-order valence-electron chi connectivity index (χ3n) is 5.27. The molecule has 186 valence electrons. The summed E-state index contributed by atoms with van der Waals surface area (Å²) in [7, 11) is -2.42. The lowest BCUT2D eigenvalue weighted by atomic mass is 10.1. The molecule has 0 aliphatic heterocycles. The molecular formula is C24H32ClN3O5S. The number of benzene rings is 2. The highest BCUT2D eigenvalue weighted by molar-refractivity contribution is 7.92. The van der Waals surface area contributed by atoms with Gasteiger partial charge < -0.3 is 15.0 Å². The molecule has 10 heteroatoms. The predicted octanol–water partition coefficient (Wildman–Crippen LogP) is 3.45. The second-order valence-electron chi connectivity index (χ2n) is 7.77. The van der Waals surface area contributed by atoms with Crippen molar-refractivity contribution in [3.05, 3.63) is 59.1 Å². The Morgan fingerprint density at radius 2 is 1.74 bits per heavy atom. The van der Waals surface area contributed by atoms with Crippen molar-refractivity contribution in [2.45, 2.75) is 39.3 Å². The maximum Gasteiger partial charge on any atom is 0.244 e. The number of nitrogens with zero attached hydrogens (tertiary/aromatic N) is 2. The minimum atomic E-state index is -3.85. The Balaban J connectivity index is 2.47. The fourth-order valence-electron chi connectivity index (χ4n) is 3.53. The summed E-state index contributed by atoms with van der Waals surface area (Å²) in [5.41, 5.74) is 0.893. The van der Waals surface area contributed by atoms with Crippen LogP contribution in [-0.4, -0.2) is 57.6 Å². The van der Waals surface area contributed by atoms with E-state index in [0.717, 1.165) is 17.0 Å². The van der Waals surface area contributed by atoms with Crippen LogP contribution in [0, 0.1) is 0 Å². The van der Waals surface area contributed by atoms with Crippen molar-refractivity contribution in [3.8, 4) is 5.75 Å². The van der Waals surface area contributed by atoms with Crippen LogP contribution in [0.3, 0.4) is 0 Å². The van der Waals surface area contributed by atoms with Crippen molar-refractivity contribution in [2.24, 2.45) is 0 Å². The summed E-state index contributed by atoms with van der Waals surface area (Å²) < 4.78 is 31.7. The van der Waals surface area contributed by atoms with Crippen LogP contribution in [0.25, 0.3) is 0 Å². The number of anilines is 1. The Kier molecular flexibility index (Phi) is 10.2. The summed E-state index contributed by atoms with van der Waals surface area (Å²) in [6, 6.07) is 12.8. The number of carbonyl (C=O) groups excluding carboxylic acids is 2. The van der Waals surface area contributed by atoms with Gasteiger partial charge in [0, 0.05) is 18.1 Å². The van der Waals surface area contributed by atoms with E-state index in [0.29, 0.717) is 29.3 Å². The van der Waals surface area contributed by atoms with Crippen molar-refractivity contribution < 1.29 is 22.7 Å². The van der Waals surface area contributed by atoms with E-state index >= 15 is 0 Å². The summed E-state index contributed by atoms with van der Waals surface area (Å²) in [5.74, 6) is -0.520. The maximum absolute atomic E-state index is 13.6. The molecule has 2 aromatic rings. The molecule has 0 bridgehead atoms. The molecule has 2 rings (SSSR count). The number of hydrogen-bond donors (Lipinski definition) is 1. The zero-order chi connectivity index (χ0) is 25.3. The third kappa shape index (κ3) is 7.11. The molecule has 34 heavy (non-hydrogen) atoms. The Morgan fingerprint density at radius 1 is 1.09 bits per heavy atom. The number of methoxy groups -OCH3 is 1. The number of nitrogens with one attached hydrogen (secondary N) is 1. The summed E-state index contributed by atoms with van der Waals surface area (Å²) >= 11 is 6.34. The molecule has 0 fully saturated rings. The maximum atomic E-state index is 13.6. The summed E-state index contributed by atoms with van der Waals surface area (Å²) in [6.45, 7) is 3.77. The fourth-order valence-corrected chi connectivity index (χ4v) is 4.57. The summed E-state index contributed by atoms with van der Waals surface area (Å²) in [6.07, 6.45) is 2.12. The topological polar surface area (TPSA) is 96.0 Å². The second-order valence-corrected chi connectivity index (χ2v) is 10.1. The van der Waals surface area contributed by atoms with Crippen molar-refractivity contribution in [1.29, 1.82) is 0 Å². The Bertz CT molecular complexity index is 1090. The molecule has 0 radical (unpaired) electrons. The SMILES string of the molecule is CCCNC(=O)[C@H](CC)N(Cc1ccccc1Cl)C(=O)CN(c1ccccc1OC)S(C)(=O)=O. The van der Waals surface area contributed by atoms with Crippen LogP contribution in [0.5, 0.6) is 5.75 Å². The number of para-hydroxylation sites is 2. The minimum absolute atomic E-state index is 0.0556. The molecule has 0 spiro atoms. The van der Waals surface area contributed by atoms with Crippen LogP contribution in [-0.2, 0) is 26.2 Å². The van der Waals surface area contributed by atoms with E-state index in [-0.39, 0.29) is 18.1 Å². The van der Waals surface area contributed by atoms with Crippen LogP contribution in [0.2, 0.25) is 5.02 Å². The number of sulfonamides is 1. The molecule has 0 unspecified atom stereocenters.